The summed E-state index contributed by atoms with van der Waals surface area (Å²) < 4.78 is 18.3. The number of aromatic nitrogens is 1. The first kappa shape index (κ1) is 44.0. The van der Waals surface area contributed by atoms with Crippen molar-refractivity contribution in [2.24, 2.45) is 15.7 Å². The lowest BCUT2D eigenvalue weighted by atomic mass is 10.1. The van der Waals surface area contributed by atoms with E-state index in [4.69, 9.17) is 19.8 Å². The predicted octanol–water partition coefficient (Wildman–Crippen LogP) is 8.34. The van der Waals surface area contributed by atoms with Crippen molar-refractivity contribution in [2.45, 2.75) is 58.3 Å². The third-order valence-electron chi connectivity index (χ3n) is 9.21. The molecule has 4 aromatic rings. The van der Waals surface area contributed by atoms with Gasteiger partial charge in [-0.1, -0.05) is 38.3 Å². The monoisotopic (exact) mass is 795 g/mol. The number of hydrogen-bond donors (Lipinski definition) is 3. The fraction of sp³-hybridized carbons (Fsp3) is 0.349. The highest BCUT2D eigenvalue weighted by Crippen LogP contribution is 2.30. The molecule has 0 spiro atoms. The van der Waals surface area contributed by atoms with E-state index in [2.05, 4.69) is 33.9 Å². The van der Waals surface area contributed by atoms with Crippen molar-refractivity contribution >= 4 is 65.4 Å². The topological polar surface area (TPSA) is 172 Å². The van der Waals surface area contributed by atoms with E-state index >= 15 is 0 Å². The molecule has 5 rings (SSSR count). The molecule has 0 saturated carbocycles. The van der Waals surface area contributed by atoms with Gasteiger partial charge in [0.15, 0.2) is 0 Å². The third-order valence-corrected chi connectivity index (χ3v) is 9.21. The number of amides is 2. The van der Waals surface area contributed by atoms with Crippen molar-refractivity contribution in [1.82, 2.24) is 4.98 Å². The van der Waals surface area contributed by atoms with E-state index in [1.165, 1.54) is 16.0 Å². The van der Waals surface area contributed by atoms with E-state index in [0.717, 1.165) is 68.4 Å². The van der Waals surface area contributed by atoms with Crippen LogP contribution >= 0.6 is 12.0 Å². The summed E-state index contributed by atoms with van der Waals surface area (Å²) in [6, 6.07) is 23.7. The number of nitrogens with zero attached hydrogens (tertiary/aromatic N) is 5. The predicted molar refractivity (Wildman–Crippen MR) is 231 cm³/mol. The Kier molecular flexibility index (Phi) is 18.0. The van der Waals surface area contributed by atoms with Gasteiger partial charge < -0.3 is 30.0 Å². The first-order valence-electron chi connectivity index (χ1n) is 19.1. The number of nitrogens with two attached hydrogens (primary N) is 1. The number of aliphatic imine (C=N–C) groups is 2. The minimum absolute atomic E-state index is 0.0165. The highest BCUT2D eigenvalue weighted by atomic mass is 32.2. The molecular weight excluding hydrogens is 743 g/mol. The average molecular weight is 796 g/mol. The molecule has 4 N–H and O–H groups in total. The van der Waals surface area contributed by atoms with Crippen LogP contribution in [0, 0.1) is 0 Å². The van der Waals surface area contributed by atoms with Gasteiger partial charge in [0.1, 0.15) is 17.4 Å². The van der Waals surface area contributed by atoms with Crippen LogP contribution in [0.15, 0.2) is 95.0 Å². The Hall–Kier alpha value is -5.73. The minimum Gasteiger partial charge on any atom is -0.448 e. The fourth-order valence-corrected chi connectivity index (χ4v) is 6.22. The minimum atomic E-state index is -0.686. The smallest absolute Gasteiger partial charge is 0.435 e. The Morgan fingerprint density at radius 3 is 2.44 bits per heavy atom. The molecule has 1 aliphatic rings. The van der Waals surface area contributed by atoms with Gasteiger partial charge in [-0.15, -0.1) is 0 Å². The molecule has 57 heavy (non-hydrogen) atoms. The van der Waals surface area contributed by atoms with Crippen molar-refractivity contribution in [2.75, 3.05) is 54.7 Å². The summed E-state index contributed by atoms with van der Waals surface area (Å²) >= 11 is 0.750. The van der Waals surface area contributed by atoms with Crippen LogP contribution in [0.25, 0.3) is 0 Å². The molecule has 13 nitrogen and oxygen atoms in total. The molecule has 3 aromatic carbocycles. The molecule has 0 radical (unpaired) electrons. The number of esters is 1. The van der Waals surface area contributed by atoms with Crippen LogP contribution < -0.4 is 25.6 Å². The lowest BCUT2D eigenvalue weighted by molar-refractivity contribution is -0.134. The summed E-state index contributed by atoms with van der Waals surface area (Å²) in [6.07, 6.45) is 9.68. The number of carbonyl (C=O) groups excluding carboxylic acids is 3. The van der Waals surface area contributed by atoms with Crippen LogP contribution in [0.2, 0.25) is 0 Å². The van der Waals surface area contributed by atoms with Gasteiger partial charge in [0, 0.05) is 55.9 Å². The van der Waals surface area contributed by atoms with Crippen molar-refractivity contribution < 1.29 is 28.4 Å². The molecular formula is C43H53N7O6S. The molecule has 1 heterocycles. The summed E-state index contributed by atoms with van der Waals surface area (Å²) in [5, 5.41) is 3.38. The van der Waals surface area contributed by atoms with Crippen molar-refractivity contribution in [3.8, 4) is 5.75 Å². The van der Waals surface area contributed by atoms with Crippen molar-refractivity contribution in [3.63, 3.8) is 0 Å². The molecule has 0 fully saturated rings. The van der Waals surface area contributed by atoms with Crippen LogP contribution in [-0.4, -0.2) is 79.6 Å². The zero-order valence-corrected chi connectivity index (χ0v) is 33.8. The van der Waals surface area contributed by atoms with Gasteiger partial charge in [0.2, 0.25) is 0 Å². The molecule has 0 bridgehead atoms. The summed E-state index contributed by atoms with van der Waals surface area (Å²) in [7, 11) is 1.93. The number of anilines is 3. The van der Waals surface area contributed by atoms with Crippen molar-refractivity contribution in [1.29, 1.82) is 0 Å². The Balaban J connectivity index is 0.00000232. The second-order valence-corrected chi connectivity index (χ2v) is 13.7. The second kappa shape index (κ2) is 23.4. The maximum absolute atomic E-state index is 13.9. The Labute approximate surface area is 339 Å². The lowest BCUT2D eigenvalue weighted by Gasteiger charge is -2.24. The van der Waals surface area contributed by atoms with E-state index < -0.39 is 12.1 Å². The average Bonchev–Trinajstić information content (AvgIpc) is 3.69. The van der Waals surface area contributed by atoms with Crippen molar-refractivity contribution in [3.05, 3.63) is 107 Å². The zero-order valence-electron chi connectivity index (χ0n) is 33.0. The highest BCUT2D eigenvalue weighted by molar-refractivity contribution is 7.93. The van der Waals surface area contributed by atoms with E-state index in [1.807, 2.05) is 48.3 Å². The molecule has 1 aromatic heterocycles. The fourth-order valence-electron chi connectivity index (χ4n) is 6.22. The molecule has 0 unspecified atom stereocenters. The maximum atomic E-state index is 13.9. The Morgan fingerprint density at radius 2 is 1.72 bits per heavy atom. The number of carbonyl (C=O) groups is 3. The summed E-state index contributed by atoms with van der Waals surface area (Å²) in [5.74, 6) is 0.285. The Morgan fingerprint density at radius 1 is 0.965 bits per heavy atom. The number of benzene rings is 3. The van der Waals surface area contributed by atoms with E-state index in [-0.39, 0.29) is 24.7 Å². The Bertz CT molecular complexity index is 1960. The van der Waals surface area contributed by atoms with Crippen LogP contribution in [0.1, 0.15) is 72.5 Å². The lowest BCUT2D eigenvalue weighted by Crippen LogP contribution is -2.34. The highest BCUT2D eigenvalue weighted by Gasteiger charge is 2.22. The first-order chi connectivity index (χ1) is 27.7. The molecule has 302 valence electrons. The molecule has 0 aliphatic heterocycles. The maximum Gasteiger partial charge on any atom is 0.435 e. The van der Waals surface area contributed by atoms with Crippen LogP contribution in [0.3, 0.4) is 0 Å². The number of nitrogens with one attached hydrogen (secondary N) is 1. The number of pyridine rings is 1. The zero-order chi connectivity index (χ0) is 41.0. The van der Waals surface area contributed by atoms with Gasteiger partial charge in [0.05, 0.1) is 24.4 Å². The van der Waals surface area contributed by atoms with Gasteiger partial charge in [-0.2, -0.15) is 4.99 Å². The first-order valence-corrected chi connectivity index (χ1v) is 20.3. The third kappa shape index (κ3) is 13.8. The quantitative estimate of drug-likeness (QED) is 0.0221. The molecule has 1 aliphatic carbocycles. The number of likely N-dealkylation sites (N-methyl/N-ethyl adjacent to an activating group) is 1. The van der Waals surface area contributed by atoms with Gasteiger partial charge in [-0.05, 0) is 122 Å². The standard InChI is InChI=1S/C42H49N7O5.CH4OS/c1-4-5-6-9-27-53-42(52)47-40(43)31-14-18-34(19-15-31)45-24-26-48(3)37-21-17-33(29-36(37)44-2)41(51)49(38-13-7-8-23-46-38)25-22-39(50)54-35-20-16-30-11-10-12-32(30)28-35;1-3-2/h7-8,13-21,23,28-29,45H,2,4-6,9-12,22,24-27H2,1,3H3,(H2,43,47,52);2H,1H3. The SMILES string of the molecule is C=Nc1cc(C(=O)N(CCC(=O)Oc2ccc3c(c2)CCC3)c2ccccn2)ccc1N(C)CCNc1ccc(/C(N)=N/C(=O)OCCCCCC)cc1.CSO. The number of amidine groups is 1. The molecule has 0 saturated heterocycles. The largest absolute Gasteiger partial charge is 0.448 e. The van der Waals surface area contributed by atoms with Crippen LogP contribution in [0.5, 0.6) is 5.75 Å². The summed E-state index contributed by atoms with van der Waals surface area (Å²) in [4.78, 5) is 54.8. The van der Waals surface area contributed by atoms with Crippen LogP contribution in [-0.2, 0) is 22.4 Å². The summed E-state index contributed by atoms with van der Waals surface area (Å²) in [5.41, 5.74) is 11.8. The molecule has 14 heteroatoms. The number of fused-ring (bicyclic) bond motifs is 1. The molecule has 2 amide bonds. The normalized spacial score (nSPS) is 11.8. The molecule has 0 atom stereocenters. The number of unbranched alkanes of at least 4 members (excludes halogenated alkanes) is 3. The van der Waals surface area contributed by atoms with Crippen LogP contribution in [0.4, 0.5) is 27.7 Å². The van der Waals surface area contributed by atoms with Gasteiger partial charge in [-0.25, -0.2) is 9.78 Å². The van der Waals surface area contributed by atoms with E-state index in [0.29, 0.717) is 48.1 Å². The number of rotatable bonds is 18. The summed E-state index contributed by atoms with van der Waals surface area (Å²) in [6.45, 7) is 7.49. The number of ether oxygens (including phenoxy) is 2. The number of hydrogen-bond acceptors (Lipinski definition) is 11. The van der Waals surface area contributed by atoms with Gasteiger partial charge in [0.25, 0.3) is 5.91 Å². The van der Waals surface area contributed by atoms with Gasteiger partial charge >= 0.3 is 12.1 Å². The van der Waals surface area contributed by atoms with E-state index in [9.17, 15) is 14.4 Å². The number of aryl methyl sites for hydroxylation is 2. The second-order valence-electron chi connectivity index (χ2n) is 13.3. The van der Waals surface area contributed by atoms with Gasteiger partial charge in [-0.3, -0.25) is 19.5 Å². The van der Waals surface area contributed by atoms with E-state index in [1.54, 1.807) is 54.9 Å².